The van der Waals surface area contributed by atoms with Crippen LogP contribution in [0.15, 0.2) is 29.2 Å². The maximum absolute atomic E-state index is 9.28. The van der Waals surface area contributed by atoms with Gasteiger partial charge in [-0.3, -0.25) is 0 Å². The molecule has 0 radical (unpaired) electrons. The van der Waals surface area contributed by atoms with Crippen molar-refractivity contribution >= 4 is 10.9 Å². The second-order valence-electron chi connectivity index (χ2n) is 5.31. The molecule has 0 saturated heterocycles. The van der Waals surface area contributed by atoms with Crippen LogP contribution >= 0.6 is 0 Å². The molecule has 0 amide bonds. The van der Waals surface area contributed by atoms with Gasteiger partial charge in [0.2, 0.25) is 0 Å². The summed E-state index contributed by atoms with van der Waals surface area (Å²) in [6.07, 6.45) is 13.4. The molecule has 0 aliphatic carbocycles. The summed E-state index contributed by atoms with van der Waals surface area (Å²) in [5, 5.41) is 9.28. The van der Waals surface area contributed by atoms with Gasteiger partial charge in [-0.25, -0.2) is 0 Å². The van der Waals surface area contributed by atoms with Crippen molar-refractivity contribution in [2.45, 2.75) is 63.2 Å². The first-order chi connectivity index (χ1) is 9.24. The Morgan fingerprint density at radius 3 is 1.95 bits per heavy atom. The Hall–Kier alpha value is -0.630. The van der Waals surface area contributed by atoms with E-state index in [0.29, 0.717) is 16.6 Å². The molecule has 1 aromatic carbocycles. The summed E-state index contributed by atoms with van der Waals surface area (Å²) in [4.78, 5) is 1.38. The van der Waals surface area contributed by atoms with E-state index in [1.165, 1.54) is 62.0 Å². The second kappa shape index (κ2) is 10.2. The topological polar surface area (TPSA) is 20.2 Å². The van der Waals surface area contributed by atoms with Crippen LogP contribution in [0, 0.1) is 0 Å². The van der Waals surface area contributed by atoms with Gasteiger partial charge in [-0.1, -0.05) is 45.4 Å². The fraction of sp³-hybridized carbons (Fsp3) is 0.647. The molecule has 0 aromatic heterocycles. The number of phenols is 1. The molecule has 0 aliphatic rings. The maximum Gasteiger partial charge on any atom is 0.154 e. The van der Waals surface area contributed by atoms with Gasteiger partial charge in [0.15, 0.2) is 4.90 Å². The Balaban J connectivity index is 2.04. The Morgan fingerprint density at radius 1 is 0.842 bits per heavy atom. The Kier molecular flexibility index (Phi) is 8.81. The van der Waals surface area contributed by atoms with E-state index in [9.17, 15) is 5.11 Å². The SMILES string of the molecule is CCCCCCCCCC[S+](C)c1ccc(O)cc1. The minimum Gasteiger partial charge on any atom is -0.508 e. The smallest absolute Gasteiger partial charge is 0.154 e. The minimum atomic E-state index is 0.337. The molecule has 0 fully saturated rings. The zero-order valence-electron chi connectivity index (χ0n) is 12.5. The van der Waals surface area contributed by atoms with Gasteiger partial charge in [0, 0.05) is 10.9 Å². The third kappa shape index (κ3) is 7.51. The summed E-state index contributed by atoms with van der Waals surface area (Å²) in [5.74, 6) is 1.66. The molecule has 108 valence electrons. The van der Waals surface area contributed by atoms with E-state index in [1.54, 1.807) is 12.1 Å². The average Bonchev–Trinajstić information content (AvgIpc) is 2.42. The van der Waals surface area contributed by atoms with Gasteiger partial charge in [-0.15, -0.1) is 0 Å². The molecule has 1 nitrogen and oxygen atoms in total. The predicted octanol–water partition coefficient (Wildman–Crippen LogP) is 5.14. The molecule has 0 spiro atoms. The standard InChI is InChI=1S/C17H28OS/c1-3-4-5-6-7-8-9-10-15-19(2)17-13-11-16(18)12-14-17/h11-14H,3-10,15H2,1-2H3/p+1. The third-order valence-corrected chi connectivity index (χ3v) is 5.52. The van der Waals surface area contributed by atoms with Crippen molar-refractivity contribution in [3.05, 3.63) is 24.3 Å². The highest BCUT2D eigenvalue weighted by Gasteiger charge is 2.14. The molecule has 2 heteroatoms. The van der Waals surface area contributed by atoms with Gasteiger partial charge in [0.05, 0.1) is 0 Å². The van der Waals surface area contributed by atoms with Crippen molar-refractivity contribution in [2.75, 3.05) is 12.0 Å². The lowest BCUT2D eigenvalue weighted by atomic mass is 10.1. The van der Waals surface area contributed by atoms with Crippen LogP contribution < -0.4 is 0 Å². The average molecular weight is 281 g/mol. The highest BCUT2D eigenvalue weighted by molar-refractivity contribution is 7.96. The normalized spacial score (nSPS) is 12.5. The van der Waals surface area contributed by atoms with E-state index < -0.39 is 0 Å². The molecule has 1 rings (SSSR count). The molecule has 1 atom stereocenters. The van der Waals surface area contributed by atoms with Crippen molar-refractivity contribution < 1.29 is 5.11 Å². The van der Waals surface area contributed by atoms with E-state index in [4.69, 9.17) is 0 Å². The van der Waals surface area contributed by atoms with Crippen LogP contribution in [0.4, 0.5) is 0 Å². The van der Waals surface area contributed by atoms with Gasteiger partial charge >= 0.3 is 0 Å². The largest absolute Gasteiger partial charge is 0.508 e. The third-order valence-electron chi connectivity index (χ3n) is 3.54. The number of phenolic OH excluding ortho intramolecular Hbond substituents is 1. The fourth-order valence-corrected chi connectivity index (χ4v) is 3.72. The van der Waals surface area contributed by atoms with Gasteiger partial charge in [-0.05, 0) is 37.1 Å². The van der Waals surface area contributed by atoms with E-state index in [0.717, 1.165) is 0 Å². The van der Waals surface area contributed by atoms with Gasteiger partial charge < -0.3 is 5.11 Å². The Morgan fingerprint density at radius 2 is 1.37 bits per heavy atom. The maximum atomic E-state index is 9.28. The summed E-state index contributed by atoms with van der Waals surface area (Å²) in [5.41, 5.74) is 0. The van der Waals surface area contributed by atoms with Gasteiger partial charge in [0.1, 0.15) is 17.8 Å². The van der Waals surface area contributed by atoms with Crippen LogP contribution in [0.25, 0.3) is 0 Å². The summed E-state index contributed by atoms with van der Waals surface area (Å²) < 4.78 is 0. The Bertz CT molecular complexity index is 321. The zero-order chi connectivity index (χ0) is 13.9. The molecule has 0 aliphatic heterocycles. The van der Waals surface area contributed by atoms with E-state index >= 15 is 0 Å². The first-order valence-electron chi connectivity index (χ1n) is 7.65. The van der Waals surface area contributed by atoms with Crippen LogP contribution in [-0.4, -0.2) is 17.1 Å². The van der Waals surface area contributed by atoms with Gasteiger partial charge in [0.25, 0.3) is 0 Å². The number of unbranched alkanes of at least 4 members (excludes halogenated alkanes) is 7. The lowest BCUT2D eigenvalue weighted by Crippen LogP contribution is -2.05. The lowest BCUT2D eigenvalue weighted by molar-refractivity contribution is 0.475. The molecule has 1 aromatic rings. The van der Waals surface area contributed by atoms with Crippen molar-refractivity contribution in [2.24, 2.45) is 0 Å². The number of rotatable bonds is 10. The van der Waals surface area contributed by atoms with E-state index in [-0.39, 0.29) is 0 Å². The molecule has 0 heterocycles. The van der Waals surface area contributed by atoms with Crippen molar-refractivity contribution in [1.29, 1.82) is 0 Å². The minimum absolute atomic E-state index is 0.337. The highest BCUT2D eigenvalue weighted by Crippen LogP contribution is 2.17. The lowest BCUT2D eigenvalue weighted by Gasteiger charge is -2.04. The van der Waals surface area contributed by atoms with Crippen molar-refractivity contribution in [3.63, 3.8) is 0 Å². The van der Waals surface area contributed by atoms with Gasteiger partial charge in [-0.2, -0.15) is 0 Å². The van der Waals surface area contributed by atoms with Crippen molar-refractivity contribution in [3.8, 4) is 5.75 Å². The van der Waals surface area contributed by atoms with Crippen LogP contribution in [0.2, 0.25) is 0 Å². The van der Waals surface area contributed by atoms with E-state index in [1.807, 2.05) is 0 Å². The van der Waals surface area contributed by atoms with Crippen LogP contribution in [-0.2, 0) is 10.9 Å². The number of aromatic hydroxyl groups is 1. The molecule has 0 bridgehead atoms. The summed E-state index contributed by atoms with van der Waals surface area (Å²) in [6, 6.07) is 7.71. The number of hydrogen-bond donors (Lipinski definition) is 1. The summed E-state index contributed by atoms with van der Waals surface area (Å²) in [7, 11) is 0.337. The van der Waals surface area contributed by atoms with Crippen LogP contribution in [0.5, 0.6) is 5.75 Å². The highest BCUT2D eigenvalue weighted by atomic mass is 32.2. The molecule has 0 saturated carbocycles. The zero-order valence-corrected chi connectivity index (χ0v) is 13.3. The van der Waals surface area contributed by atoms with Crippen molar-refractivity contribution in [1.82, 2.24) is 0 Å². The predicted molar refractivity (Wildman–Crippen MR) is 87.1 cm³/mol. The second-order valence-corrected chi connectivity index (χ2v) is 7.46. The molecule has 1 unspecified atom stereocenters. The molecular formula is C17H29OS+. The fourth-order valence-electron chi connectivity index (χ4n) is 2.25. The molecule has 19 heavy (non-hydrogen) atoms. The number of hydrogen-bond acceptors (Lipinski definition) is 1. The van der Waals surface area contributed by atoms with Crippen LogP contribution in [0.1, 0.15) is 58.3 Å². The van der Waals surface area contributed by atoms with Crippen LogP contribution in [0.3, 0.4) is 0 Å². The summed E-state index contributed by atoms with van der Waals surface area (Å²) >= 11 is 0. The monoisotopic (exact) mass is 281 g/mol. The number of benzene rings is 1. The van der Waals surface area contributed by atoms with E-state index in [2.05, 4.69) is 25.3 Å². The first-order valence-corrected chi connectivity index (χ1v) is 9.46. The first kappa shape index (κ1) is 16.4. The molecular weight excluding hydrogens is 252 g/mol. The summed E-state index contributed by atoms with van der Waals surface area (Å²) in [6.45, 7) is 2.27. The quantitative estimate of drug-likeness (QED) is 0.465. The Labute approximate surface area is 121 Å². The molecule has 1 N–H and O–H groups in total.